The fraction of sp³-hybridized carbons (Fsp3) is 0.462. The van der Waals surface area contributed by atoms with Crippen LogP contribution in [0.1, 0.15) is 18.7 Å². The van der Waals surface area contributed by atoms with Gasteiger partial charge in [-0.25, -0.2) is 4.98 Å². The van der Waals surface area contributed by atoms with Crippen molar-refractivity contribution in [3.63, 3.8) is 0 Å². The standard InChI is InChI=1S/C13H18N4/c1-9-15-11-4-3-10(7-12(11)16-9)17(2)8-13(14)5-6-13/h3-4,7H,5-6,8,14H2,1-2H3,(H,15,16). The summed E-state index contributed by atoms with van der Waals surface area (Å²) in [5, 5.41) is 0. The zero-order valence-corrected chi connectivity index (χ0v) is 10.3. The van der Waals surface area contributed by atoms with Gasteiger partial charge in [-0.2, -0.15) is 0 Å². The molecule has 0 saturated heterocycles. The number of nitrogens with one attached hydrogen (secondary N) is 1. The molecule has 0 aliphatic heterocycles. The Balaban J connectivity index is 1.88. The highest BCUT2D eigenvalue weighted by Crippen LogP contribution is 2.34. The predicted octanol–water partition coefficient (Wildman–Crippen LogP) is 1.80. The van der Waals surface area contributed by atoms with E-state index < -0.39 is 0 Å². The SMILES string of the molecule is Cc1nc2ccc(N(C)CC3(N)CC3)cc2[nH]1. The Kier molecular flexibility index (Phi) is 2.16. The number of hydrogen-bond donors (Lipinski definition) is 2. The van der Waals surface area contributed by atoms with Gasteiger partial charge < -0.3 is 15.6 Å². The van der Waals surface area contributed by atoms with Crippen molar-refractivity contribution in [2.24, 2.45) is 5.73 Å². The molecule has 1 aromatic carbocycles. The molecule has 0 amide bonds. The quantitative estimate of drug-likeness (QED) is 0.845. The highest BCUT2D eigenvalue weighted by molar-refractivity contribution is 5.79. The molecule has 2 aromatic rings. The van der Waals surface area contributed by atoms with E-state index >= 15 is 0 Å². The number of fused-ring (bicyclic) bond motifs is 1. The van der Waals surface area contributed by atoms with Crippen LogP contribution in [0.3, 0.4) is 0 Å². The van der Waals surface area contributed by atoms with Crippen molar-refractivity contribution >= 4 is 16.7 Å². The zero-order valence-electron chi connectivity index (χ0n) is 10.3. The minimum Gasteiger partial charge on any atom is -0.373 e. The monoisotopic (exact) mass is 230 g/mol. The smallest absolute Gasteiger partial charge is 0.104 e. The summed E-state index contributed by atoms with van der Waals surface area (Å²) in [5.41, 5.74) is 9.49. The Hall–Kier alpha value is -1.55. The zero-order chi connectivity index (χ0) is 12.0. The van der Waals surface area contributed by atoms with Crippen LogP contribution in [0, 0.1) is 6.92 Å². The molecule has 4 heteroatoms. The molecule has 4 nitrogen and oxygen atoms in total. The molecule has 90 valence electrons. The first-order valence-electron chi connectivity index (χ1n) is 6.02. The van der Waals surface area contributed by atoms with Crippen LogP contribution in [0.25, 0.3) is 11.0 Å². The molecule has 0 radical (unpaired) electrons. The Morgan fingerprint density at radius 2 is 2.24 bits per heavy atom. The largest absolute Gasteiger partial charge is 0.373 e. The number of aromatic amines is 1. The van der Waals surface area contributed by atoms with Gasteiger partial charge in [0, 0.05) is 24.8 Å². The molecule has 0 bridgehead atoms. The van der Waals surface area contributed by atoms with Crippen molar-refractivity contribution in [1.82, 2.24) is 9.97 Å². The second-order valence-electron chi connectivity index (χ2n) is 5.24. The third-order valence-corrected chi connectivity index (χ3v) is 3.47. The summed E-state index contributed by atoms with van der Waals surface area (Å²) in [6, 6.07) is 6.30. The molecular formula is C13H18N4. The van der Waals surface area contributed by atoms with Crippen LogP contribution in [-0.4, -0.2) is 29.1 Å². The Morgan fingerprint density at radius 1 is 1.47 bits per heavy atom. The molecule has 1 saturated carbocycles. The number of imidazole rings is 1. The second kappa shape index (κ2) is 3.47. The van der Waals surface area contributed by atoms with E-state index in [1.807, 2.05) is 6.92 Å². The Bertz CT molecular complexity index is 554. The lowest BCUT2D eigenvalue weighted by Gasteiger charge is -2.23. The number of aryl methyl sites for hydroxylation is 1. The van der Waals surface area contributed by atoms with Gasteiger partial charge in [0.2, 0.25) is 0 Å². The minimum atomic E-state index is 0.0492. The Morgan fingerprint density at radius 3 is 2.94 bits per heavy atom. The molecule has 0 atom stereocenters. The van der Waals surface area contributed by atoms with Crippen LogP contribution in [0.4, 0.5) is 5.69 Å². The van der Waals surface area contributed by atoms with Gasteiger partial charge in [0.05, 0.1) is 11.0 Å². The molecule has 17 heavy (non-hydrogen) atoms. The normalized spacial score (nSPS) is 17.4. The number of benzene rings is 1. The molecule has 1 aliphatic carbocycles. The van der Waals surface area contributed by atoms with Crippen LogP contribution in [0.5, 0.6) is 0 Å². The van der Waals surface area contributed by atoms with Gasteiger partial charge in [0.1, 0.15) is 5.82 Å². The van der Waals surface area contributed by atoms with Gasteiger partial charge in [0.25, 0.3) is 0 Å². The van der Waals surface area contributed by atoms with Crippen molar-refractivity contribution in [3.05, 3.63) is 24.0 Å². The summed E-state index contributed by atoms with van der Waals surface area (Å²) < 4.78 is 0. The van der Waals surface area contributed by atoms with E-state index in [1.54, 1.807) is 0 Å². The molecular weight excluding hydrogens is 212 g/mol. The number of H-pyrrole nitrogens is 1. The highest BCUT2D eigenvalue weighted by Gasteiger charge is 2.39. The maximum absolute atomic E-state index is 6.14. The van der Waals surface area contributed by atoms with E-state index in [0.717, 1.165) is 36.2 Å². The fourth-order valence-corrected chi connectivity index (χ4v) is 2.24. The number of rotatable bonds is 3. The first kappa shape index (κ1) is 10.6. The molecule has 1 fully saturated rings. The summed E-state index contributed by atoms with van der Waals surface area (Å²) in [6.45, 7) is 2.90. The van der Waals surface area contributed by atoms with E-state index in [1.165, 1.54) is 5.69 Å². The molecule has 0 unspecified atom stereocenters. The third kappa shape index (κ3) is 2.00. The van der Waals surface area contributed by atoms with Crippen molar-refractivity contribution in [2.45, 2.75) is 25.3 Å². The summed E-state index contributed by atoms with van der Waals surface area (Å²) in [5.74, 6) is 0.956. The number of aromatic nitrogens is 2. The summed E-state index contributed by atoms with van der Waals surface area (Å²) in [6.07, 6.45) is 2.28. The number of likely N-dealkylation sites (N-methyl/N-ethyl adjacent to an activating group) is 1. The number of hydrogen-bond acceptors (Lipinski definition) is 3. The fourth-order valence-electron chi connectivity index (χ4n) is 2.24. The molecule has 1 aromatic heterocycles. The second-order valence-corrected chi connectivity index (χ2v) is 5.24. The lowest BCUT2D eigenvalue weighted by Crippen LogP contribution is -2.37. The number of nitrogens with two attached hydrogens (primary N) is 1. The van der Waals surface area contributed by atoms with E-state index in [4.69, 9.17) is 5.73 Å². The Labute approximate surface area is 101 Å². The van der Waals surface area contributed by atoms with Crippen LogP contribution >= 0.6 is 0 Å². The molecule has 3 N–H and O–H groups in total. The third-order valence-electron chi connectivity index (χ3n) is 3.47. The predicted molar refractivity (Wildman–Crippen MR) is 70.3 cm³/mol. The molecule has 1 heterocycles. The topological polar surface area (TPSA) is 57.9 Å². The average molecular weight is 230 g/mol. The molecule has 1 aliphatic rings. The van der Waals surface area contributed by atoms with Gasteiger partial charge in [0.15, 0.2) is 0 Å². The van der Waals surface area contributed by atoms with Crippen LogP contribution in [0.15, 0.2) is 18.2 Å². The number of nitrogens with zero attached hydrogens (tertiary/aromatic N) is 2. The maximum Gasteiger partial charge on any atom is 0.104 e. The summed E-state index contributed by atoms with van der Waals surface area (Å²) in [4.78, 5) is 9.89. The van der Waals surface area contributed by atoms with Crippen LogP contribution in [-0.2, 0) is 0 Å². The van der Waals surface area contributed by atoms with Gasteiger partial charge in [-0.3, -0.25) is 0 Å². The van der Waals surface area contributed by atoms with E-state index in [2.05, 4.69) is 40.1 Å². The van der Waals surface area contributed by atoms with E-state index in [-0.39, 0.29) is 5.54 Å². The van der Waals surface area contributed by atoms with Crippen LogP contribution < -0.4 is 10.6 Å². The van der Waals surface area contributed by atoms with Gasteiger partial charge in [-0.05, 0) is 38.0 Å². The summed E-state index contributed by atoms with van der Waals surface area (Å²) in [7, 11) is 2.09. The average Bonchev–Trinajstić information content (AvgIpc) is 2.87. The molecule has 3 rings (SSSR count). The maximum atomic E-state index is 6.14. The van der Waals surface area contributed by atoms with E-state index in [9.17, 15) is 0 Å². The van der Waals surface area contributed by atoms with Crippen molar-refractivity contribution < 1.29 is 0 Å². The van der Waals surface area contributed by atoms with Gasteiger partial charge in [-0.1, -0.05) is 0 Å². The van der Waals surface area contributed by atoms with Crippen LogP contribution in [0.2, 0.25) is 0 Å². The minimum absolute atomic E-state index is 0.0492. The lowest BCUT2D eigenvalue weighted by atomic mass is 10.2. The lowest BCUT2D eigenvalue weighted by molar-refractivity contribution is 0.661. The first-order valence-corrected chi connectivity index (χ1v) is 6.02. The van der Waals surface area contributed by atoms with Gasteiger partial charge >= 0.3 is 0 Å². The van der Waals surface area contributed by atoms with Crippen molar-refractivity contribution in [2.75, 3.05) is 18.5 Å². The number of anilines is 1. The van der Waals surface area contributed by atoms with E-state index in [0.29, 0.717) is 0 Å². The summed E-state index contributed by atoms with van der Waals surface area (Å²) >= 11 is 0. The van der Waals surface area contributed by atoms with Gasteiger partial charge in [-0.15, -0.1) is 0 Å². The first-order chi connectivity index (χ1) is 8.06. The molecule has 0 spiro atoms. The van der Waals surface area contributed by atoms with Crippen molar-refractivity contribution in [3.8, 4) is 0 Å². The van der Waals surface area contributed by atoms with Crippen molar-refractivity contribution in [1.29, 1.82) is 0 Å². The highest BCUT2D eigenvalue weighted by atomic mass is 15.1.